The zero-order chi connectivity index (χ0) is 24.4. The molecule has 35 heavy (non-hydrogen) atoms. The van der Waals surface area contributed by atoms with Gasteiger partial charge in [0, 0.05) is 48.0 Å². The maximum atomic E-state index is 13.5. The van der Waals surface area contributed by atoms with Gasteiger partial charge in [0.15, 0.2) is 11.5 Å². The number of methoxy groups -OCH3 is 2. The molecule has 2 aromatic carbocycles. The lowest BCUT2D eigenvalue weighted by Crippen LogP contribution is -2.32. The molecule has 1 saturated heterocycles. The quantitative estimate of drug-likeness (QED) is 0.559. The Labute approximate surface area is 204 Å². The van der Waals surface area contributed by atoms with Gasteiger partial charge in [0.05, 0.1) is 26.5 Å². The highest BCUT2D eigenvalue weighted by Crippen LogP contribution is 2.38. The summed E-state index contributed by atoms with van der Waals surface area (Å²) in [6, 6.07) is 16.7. The monoisotopic (exact) mass is 473 g/mol. The second-order valence-electron chi connectivity index (χ2n) is 8.51. The van der Waals surface area contributed by atoms with Crippen molar-refractivity contribution in [3.63, 3.8) is 0 Å². The fourth-order valence-electron chi connectivity index (χ4n) is 4.56. The van der Waals surface area contributed by atoms with Gasteiger partial charge in [-0.25, -0.2) is 4.98 Å². The number of amides is 2. The summed E-state index contributed by atoms with van der Waals surface area (Å²) in [6.07, 6.45) is 1.38. The Bertz CT molecular complexity index is 1280. The zero-order valence-corrected chi connectivity index (χ0v) is 19.8. The van der Waals surface area contributed by atoms with Crippen molar-refractivity contribution in [2.45, 2.75) is 19.4 Å². The molecule has 1 aromatic heterocycles. The Morgan fingerprint density at radius 3 is 2.66 bits per heavy atom. The van der Waals surface area contributed by atoms with Crippen molar-refractivity contribution >= 4 is 17.5 Å². The van der Waals surface area contributed by atoms with E-state index >= 15 is 0 Å². The third-order valence-electron chi connectivity index (χ3n) is 6.31. The lowest BCUT2D eigenvalue weighted by molar-refractivity contribution is -0.117. The van der Waals surface area contributed by atoms with Gasteiger partial charge in [0.25, 0.3) is 5.91 Å². The number of hydrogen-bond acceptors (Lipinski definition) is 6. The van der Waals surface area contributed by atoms with Crippen LogP contribution in [0.4, 0.5) is 5.69 Å². The lowest BCUT2D eigenvalue weighted by atomic mass is 10.0. The Kier molecular flexibility index (Phi) is 6.27. The van der Waals surface area contributed by atoms with E-state index in [4.69, 9.17) is 14.2 Å². The van der Waals surface area contributed by atoms with Gasteiger partial charge in [-0.05, 0) is 42.8 Å². The third-order valence-corrected chi connectivity index (χ3v) is 6.31. The van der Waals surface area contributed by atoms with Crippen LogP contribution < -0.4 is 19.1 Å². The lowest BCUT2D eigenvalue weighted by Gasteiger charge is -2.22. The first kappa shape index (κ1) is 22.7. The molecular weight excluding hydrogens is 446 g/mol. The standard InChI is InChI=1S/C27H27N3O5/c1-33-23-16-19(22-8-4-9-24(28-22)34-2)14-20-17-29(12-13-35-26(20)23)27(32)18-6-3-7-21(15-18)30-11-5-10-25(30)31/h3-4,6-9,14-16H,5,10-13,17H2,1-2H3. The first-order chi connectivity index (χ1) is 17.1. The van der Waals surface area contributed by atoms with E-state index in [0.717, 1.165) is 28.9 Å². The molecule has 0 spiro atoms. The summed E-state index contributed by atoms with van der Waals surface area (Å²) in [6.45, 7) is 1.81. The highest BCUT2D eigenvalue weighted by Gasteiger charge is 2.26. The van der Waals surface area contributed by atoms with Crippen molar-refractivity contribution in [2.75, 3.05) is 38.8 Å². The molecule has 8 heteroatoms. The summed E-state index contributed by atoms with van der Waals surface area (Å²) in [7, 11) is 3.18. The first-order valence-corrected chi connectivity index (χ1v) is 11.6. The average Bonchev–Trinajstić information content (AvgIpc) is 3.21. The number of hydrogen-bond donors (Lipinski definition) is 0. The second-order valence-corrected chi connectivity index (χ2v) is 8.51. The van der Waals surface area contributed by atoms with Crippen LogP contribution in [0.1, 0.15) is 28.8 Å². The van der Waals surface area contributed by atoms with Crippen LogP contribution >= 0.6 is 0 Å². The largest absolute Gasteiger partial charge is 0.493 e. The zero-order valence-electron chi connectivity index (χ0n) is 19.8. The summed E-state index contributed by atoms with van der Waals surface area (Å²) < 4.78 is 16.9. The molecule has 5 rings (SSSR count). The maximum Gasteiger partial charge on any atom is 0.254 e. The van der Waals surface area contributed by atoms with E-state index in [9.17, 15) is 9.59 Å². The highest BCUT2D eigenvalue weighted by atomic mass is 16.5. The van der Waals surface area contributed by atoms with Crippen molar-refractivity contribution < 1.29 is 23.8 Å². The molecule has 2 aliphatic heterocycles. The molecular formula is C27H27N3O5. The fraction of sp³-hybridized carbons (Fsp3) is 0.296. The van der Waals surface area contributed by atoms with E-state index in [1.165, 1.54) is 0 Å². The van der Waals surface area contributed by atoms with Crippen molar-refractivity contribution in [3.05, 3.63) is 65.7 Å². The van der Waals surface area contributed by atoms with Gasteiger partial charge in [-0.3, -0.25) is 9.59 Å². The third kappa shape index (κ3) is 4.51. The summed E-state index contributed by atoms with van der Waals surface area (Å²) in [5.41, 5.74) is 3.71. The highest BCUT2D eigenvalue weighted by molar-refractivity contribution is 5.99. The fourth-order valence-corrected chi connectivity index (χ4v) is 4.56. The second kappa shape index (κ2) is 9.66. The van der Waals surface area contributed by atoms with Crippen LogP contribution in [0.25, 0.3) is 11.3 Å². The number of rotatable bonds is 5. The van der Waals surface area contributed by atoms with E-state index in [2.05, 4.69) is 4.98 Å². The molecule has 0 atom stereocenters. The normalized spacial score (nSPS) is 15.3. The van der Waals surface area contributed by atoms with E-state index in [1.54, 1.807) is 42.2 Å². The molecule has 3 heterocycles. The number of aromatic nitrogens is 1. The van der Waals surface area contributed by atoms with Gasteiger partial charge in [-0.2, -0.15) is 0 Å². The topological polar surface area (TPSA) is 81.2 Å². The van der Waals surface area contributed by atoms with Gasteiger partial charge >= 0.3 is 0 Å². The molecule has 180 valence electrons. The smallest absolute Gasteiger partial charge is 0.254 e. The Morgan fingerprint density at radius 1 is 1.03 bits per heavy atom. The summed E-state index contributed by atoms with van der Waals surface area (Å²) >= 11 is 0. The molecule has 0 saturated carbocycles. The van der Waals surface area contributed by atoms with Crippen LogP contribution in [-0.2, 0) is 11.3 Å². The number of carbonyl (C=O) groups is 2. The first-order valence-electron chi connectivity index (χ1n) is 11.6. The van der Waals surface area contributed by atoms with Gasteiger partial charge in [0.2, 0.25) is 11.8 Å². The molecule has 0 aliphatic carbocycles. The predicted octanol–water partition coefficient (Wildman–Crippen LogP) is 3.93. The Hall–Kier alpha value is -4.07. The van der Waals surface area contributed by atoms with Crippen LogP contribution in [0.5, 0.6) is 17.4 Å². The number of pyridine rings is 1. The van der Waals surface area contributed by atoms with Crippen LogP contribution in [0.2, 0.25) is 0 Å². The summed E-state index contributed by atoms with van der Waals surface area (Å²) in [5, 5.41) is 0. The SMILES string of the molecule is COc1cccc(-c2cc3c(c(OC)c2)OCCN(C(=O)c2cccc(N4CCCC4=O)c2)C3)n1. The number of benzene rings is 2. The molecule has 0 bridgehead atoms. The molecule has 0 radical (unpaired) electrons. The van der Waals surface area contributed by atoms with Crippen molar-refractivity contribution in [1.29, 1.82) is 0 Å². The van der Waals surface area contributed by atoms with Gasteiger partial charge in [-0.1, -0.05) is 12.1 Å². The van der Waals surface area contributed by atoms with Crippen molar-refractivity contribution in [2.24, 2.45) is 0 Å². The minimum atomic E-state index is -0.112. The van der Waals surface area contributed by atoms with E-state index in [0.29, 0.717) is 55.6 Å². The van der Waals surface area contributed by atoms with Gasteiger partial charge < -0.3 is 24.0 Å². The molecule has 8 nitrogen and oxygen atoms in total. The van der Waals surface area contributed by atoms with E-state index < -0.39 is 0 Å². The van der Waals surface area contributed by atoms with Crippen LogP contribution in [0, 0.1) is 0 Å². The molecule has 3 aromatic rings. The number of fused-ring (bicyclic) bond motifs is 1. The molecule has 1 fully saturated rings. The summed E-state index contributed by atoms with van der Waals surface area (Å²) in [4.78, 5) is 33.7. The van der Waals surface area contributed by atoms with Crippen LogP contribution in [0.15, 0.2) is 54.6 Å². The molecule has 0 N–H and O–H groups in total. The molecule has 2 aliphatic rings. The Balaban J connectivity index is 1.46. The van der Waals surface area contributed by atoms with E-state index in [1.807, 2.05) is 36.4 Å². The number of nitrogens with zero attached hydrogens (tertiary/aromatic N) is 3. The van der Waals surface area contributed by atoms with Crippen molar-refractivity contribution in [1.82, 2.24) is 9.88 Å². The minimum absolute atomic E-state index is 0.0949. The van der Waals surface area contributed by atoms with Crippen LogP contribution in [0.3, 0.4) is 0 Å². The number of ether oxygens (including phenoxy) is 3. The van der Waals surface area contributed by atoms with Gasteiger partial charge in [-0.15, -0.1) is 0 Å². The number of anilines is 1. The van der Waals surface area contributed by atoms with Gasteiger partial charge in [0.1, 0.15) is 6.61 Å². The van der Waals surface area contributed by atoms with E-state index in [-0.39, 0.29) is 11.8 Å². The Morgan fingerprint density at radius 2 is 1.89 bits per heavy atom. The summed E-state index contributed by atoms with van der Waals surface area (Å²) in [5.74, 6) is 1.72. The maximum absolute atomic E-state index is 13.5. The molecule has 2 amide bonds. The van der Waals surface area contributed by atoms with Crippen molar-refractivity contribution in [3.8, 4) is 28.6 Å². The minimum Gasteiger partial charge on any atom is -0.493 e. The predicted molar refractivity (Wildman–Crippen MR) is 131 cm³/mol. The van der Waals surface area contributed by atoms with Crippen LogP contribution in [-0.4, -0.2) is 55.6 Å². The number of carbonyl (C=O) groups excluding carboxylic acids is 2. The average molecular weight is 474 g/mol. The molecule has 0 unspecified atom stereocenters.